The average molecular weight is 241 g/mol. The molecular formula is C12H16FNOS. The van der Waals surface area contributed by atoms with Crippen LogP contribution in [0.5, 0.6) is 5.75 Å². The van der Waals surface area contributed by atoms with Crippen LogP contribution in [0.25, 0.3) is 0 Å². The van der Waals surface area contributed by atoms with Gasteiger partial charge in [0.1, 0.15) is 11.6 Å². The van der Waals surface area contributed by atoms with Crippen molar-refractivity contribution in [2.45, 2.75) is 18.2 Å². The molecule has 1 aromatic carbocycles. The zero-order chi connectivity index (χ0) is 11.5. The molecular weight excluding hydrogens is 225 g/mol. The van der Waals surface area contributed by atoms with E-state index < -0.39 is 0 Å². The zero-order valence-corrected chi connectivity index (χ0v) is 10.4. The van der Waals surface area contributed by atoms with E-state index in [1.54, 1.807) is 13.2 Å². The van der Waals surface area contributed by atoms with Gasteiger partial charge in [-0.1, -0.05) is 0 Å². The predicted molar refractivity (Wildman–Crippen MR) is 65.5 cm³/mol. The Kier molecular flexibility index (Phi) is 3.71. The van der Waals surface area contributed by atoms with Gasteiger partial charge in [0.15, 0.2) is 0 Å². The molecule has 1 N–H and O–H groups in total. The Morgan fingerprint density at radius 3 is 3.00 bits per heavy atom. The lowest BCUT2D eigenvalue weighted by atomic mass is 9.98. The molecule has 1 aliphatic rings. The molecule has 0 aliphatic carbocycles. The van der Waals surface area contributed by atoms with E-state index in [2.05, 4.69) is 5.32 Å². The highest BCUT2D eigenvalue weighted by Gasteiger charge is 2.23. The van der Waals surface area contributed by atoms with Crippen molar-refractivity contribution in [3.8, 4) is 5.75 Å². The van der Waals surface area contributed by atoms with Crippen LogP contribution in [0.4, 0.5) is 4.39 Å². The van der Waals surface area contributed by atoms with Crippen LogP contribution in [0.3, 0.4) is 0 Å². The van der Waals surface area contributed by atoms with Gasteiger partial charge < -0.3 is 10.1 Å². The topological polar surface area (TPSA) is 21.3 Å². The number of thioether (sulfide) groups is 1. The second kappa shape index (κ2) is 5.06. The van der Waals surface area contributed by atoms with Crippen LogP contribution < -0.4 is 10.1 Å². The van der Waals surface area contributed by atoms with E-state index in [4.69, 9.17) is 4.74 Å². The Hall–Kier alpha value is -0.740. The average Bonchev–Trinajstić information content (AvgIpc) is 2.52. The number of ether oxygens (including phenoxy) is 1. The van der Waals surface area contributed by atoms with Gasteiger partial charge in [0.2, 0.25) is 0 Å². The van der Waals surface area contributed by atoms with Crippen LogP contribution in [0.15, 0.2) is 12.1 Å². The number of rotatable bonds is 2. The lowest BCUT2D eigenvalue weighted by Crippen LogP contribution is -2.19. The molecule has 0 bridgehead atoms. The first-order chi connectivity index (χ1) is 7.77. The summed E-state index contributed by atoms with van der Waals surface area (Å²) in [6, 6.07) is 3.31. The first kappa shape index (κ1) is 11.7. The molecule has 88 valence electrons. The summed E-state index contributed by atoms with van der Waals surface area (Å²) in [6.07, 6.45) is 0.957. The fourth-order valence-corrected chi connectivity index (χ4v) is 3.19. The summed E-state index contributed by atoms with van der Waals surface area (Å²) in [7, 11) is 3.51. The number of benzene rings is 1. The van der Waals surface area contributed by atoms with Crippen molar-refractivity contribution < 1.29 is 9.13 Å². The fourth-order valence-electron chi connectivity index (χ4n) is 2.14. The lowest BCUT2D eigenvalue weighted by molar-refractivity contribution is 0.406. The number of methoxy groups -OCH3 is 1. The molecule has 0 saturated carbocycles. The van der Waals surface area contributed by atoms with E-state index in [0.29, 0.717) is 0 Å². The van der Waals surface area contributed by atoms with Gasteiger partial charge in [0, 0.05) is 22.9 Å². The summed E-state index contributed by atoms with van der Waals surface area (Å²) in [5.41, 5.74) is 1.79. The monoisotopic (exact) mass is 241 g/mol. The van der Waals surface area contributed by atoms with E-state index in [9.17, 15) is 4.39 Å². The maximum atomic E-state index is 13.9. The summed E-state index contributed by atoms with van der Waals surface area (Å²) >= 11 is 1.83. The molecule has 4 heteroatoms. The highest BCUT2D eigenvalue weighted by Crippen LogP contribution is 2.37. The molecule has 0 saturated heterocycles. The molecule has 0 radical (unpaired) electrons. The summed E-state index contributed by atoms with van der Waals surface area (Å²) in [6.45, 7) is 0. The van der Waals surface area contributed by atoms with E-state index in [1.165, 1.54) is 6.07 Å². The third-order valence-electron chi connectivity index (χ3n) is 2.97. The molecule has 1 unspecified atom stereocenters. The Bertz CT molecular complexity index is 384. The molecule has 0 fully saturated rings. The molecule has 0 amide bonds. The van der Waals surface area contributed by atoms with Crippen LogP contribution in [-0.4, -0.2) is 19.9 Å². The van der Waals surface area contributed by atoms with Crippen molar-refractivity contribution in [1.29, 1.82) is 0 Å². The van der Waals surface area contributed by atoms with Crippen LogP contribution in [0.2, 0.25) is 0 Å². The Morgan fingerprint density at radius 2 is 2.31 bits per heavy atom. The second-order valence-electron chi connectivity index (χ2n) is 3.82. The molecule has 2 nitrogen and oxygen atoms in total. The minimum Gasteiger partial charge on any atom is -0.496 e. The largest absolute Gasteiger partial charge is 0.496 e. The molecule has 16 heavy (non-hydrogen) atoms. The van der Waals surface area contributed by atoms with E-state index >= 15 is 0 Å². The maximum absolute atomic E-state index is 13.9. The number of halogens is 1. The first-order valence-corrected chi connectivity index (χ1v) is 6.53. The Balaban J connectivity index is 2.54. The van der Waals surface area contributed by atoms with Gasteiger partial charge in [0.25, 0.3) is 0 Å². The standard InChI is InChI=1S/C12H16FNOS/c1-14-10-5-6-16-7-8-11(15-2)4-3-9(13)12(8)10/h3-4,10,14H,5-7H2,1-2H3. The minimum atomic E-state index is -0.127. The van der Waals surface area contributed by atoms with Gasteiger partial charge in [-0.25, -0.2) is 4.39 Å². The Labute approximate surface area is 99.6 Å². The van der Waals surface area contributed by atoms with Crippen LogP contribution in [0.1, 0.15) is 23.6 Å². The van der Waals surface area contributed by atoms with Crippen molar-refractivity contribution in [2.24, 2.45) is 0 Å². The van der Waals surface area contributed by atoms with Gasteiger partial charge in [-0.3, -0.25) is 0 Å². The third kappa shape index (κ3) is 2.04. The highest BCUT2D eigenvalue weighted by atomic mass is 32.2. The fraction of sp³-hybridized carbons (Fsp3) is 0.500. The minimum absolute atomic E-state index is 0.0973. The van der Waals surface area contributed by atoms with E-state index in [-0.39, 0.29) is 11.9 Å². The zero-order valence-electron chi connectivity index (χ0n) is 9.55. The van der Waals surface area contributed by atoms with Crippen molar-refractivity contribution in [3.05, 3.63) is 29.1 Å². The Morgan fingerprint density at radius 1 is 1.50 bits per heavy atom. The predicted octanol–water partition coefficient (Wildman–Crippen LogP) is 2.73. The first-order valence-electron chi connectivity index (χ1n) is 5.38. The summed E-state index contributed by atoms with van der Waals surface area (Å²) in [4.78, 5) is 0. The van der Waals surface area contributed by atoms with Crippen molar-refractivity contribution in [3.63, 3.8) is 0 Å². The number of fused-ring (bicyclic) bond motifs is 1. The lowest BCUT2D eigenvalue weighted by Gasteiger charge is -2.19. The third-order valence-corrected chi connectivity index (χ3v) is 3.99. The molecule has 2 rings (SSSR count). The van der Waals surface area contributed by atoms with E-state index in [0.717, 1.165) is 34.8 Å². The summed E-state index contributed by atoms with van der Waals surface area (Å²) in [5.74, 6) is 2.54. The molecule has 1 aliphatic heterocycles. The molecule has 1 aromatic rings. The van der Waals surface area contributed by atoms with Crippen molar-refractivity contribution in [1.82, 2.24) is 5.32 Å². The van der Waals surface area contributed by atoms with Gasteiger partial charge in [0.05, 0.1) is 7.11 Å². The SMILES string of the molecule is CNC1CCSCc2c(OC)ccc(F)c21. The summed E-state index contributed by atoms with van der Waals surface area (Å²) in [5, 5.41) is 3.18. The quantitative estimate of drug-likeness (QED) is 0.860. The van der Waals surface area contributed by atoms with Gasteiger partial charge >= 0.3 is 0 Å². The highest BCUT2D eigenvalue weighted by molar-refractivity contribution is 7.98. The van der Waals surface area contributed by atoms with Crippen LogP contribution >= 0.6 is 11.8 Å². The normalized spacial score (nSPS) is 20.1. The van der Waals surface area contributed by atoms with E-state index in [1.807, 2.05) is 18.8 Å². The smallest absolute Gasteiger partial charge is 0.128 e. The van der Waals surface area contributed by atoms with Crippen molar-refractivity contribution in [2.75, 3.05) is 19.9 Å². The summed E-state index contributed by atoms with van der Waals surface area (Å²) < 4.78 is 19.2. The number of hydrogen-bond donors (Lipinski definition) is 1. The molecule has 0 aromatic heterocycles. The number of nitrogens with one attached hydrogen (secondary N) is 1. The van der Waals surface area contributed by atoms with Crippen LogP contribution in [-0.2, 0) is 5.75 Å². The molecule has 0 spiro atoms. The maximum Gasteiger partial charge on any atom is 0.128 e. The van der Waals surface area contributed by atoms with Gasteiger partial charge in [-0.2, -0.15) is 11.8 Å². The van der Waals surface area contributed by atoms with Gasteiger partial charge in [-0.15, -0.1) is 0 Å². The van der Waals surface area contributed by atoms with Crippen LogP contribution in [0, 0.1) is 5.82 Å². The molecule has 1 atom stereocenters. The second-order valence-corrected chi connectivity index (χ2v) is 4.93. The van der Waals surface area contributed by atoms with Gasteiger partial charge in [-0.05, 0) is 31.4 Å². The van der Waals surface area contributed by atoms with Crippen molar-refractivity contribution >= 4 is 11.8 Å². The molecule has 1 heterocycles. The number of hydrogen-bond acceptors (Lipinski definition) is 3.